The van der Waals surface area contributed by atoms with Gasteiger partial charge in [-0.3, -0.25) is 9.59 Å². The van der Waals surface area contributed by atoms with Crippen molar-refractivity contribution in [2.24, 2.45) is 23.7 Å². The molecule has 3 aliphatic carbocycles. The summed E-state index contributed by atoms with van der Waals surface area (Å²) >= 11 is 0. The summed E-state index contributed by atoms with van der Waals surface area (Å²) < 4.78 is 17.1. The second-order valence-corrected chi connectivity index (χ2v) is 10.5. The molecule has 5 nitrogen and oxygen atoms in total. The van der Waals surface area contributed by atoms with Gasteiger partial charge in [0.05, 0.1) is 13.2 Å². The van der Waals surface area contributed by atoms with Crippen molar-refractivity contribution in [1.82, 2.24) is 0 Å². The molecule has 4 fully saturated rings. The summed E-state index contributed by atoms with van der Waals surface area (Å²) in [6.45, 7) is 0.795. The smallest absolute Gasteiger partial charge is 0.305 e. The molecule has 3 saturated carbocycles. The Morgan fingerprint density at radius 2 is 1.88 bits per heavy atom. The second-order valence-electron chi connectivity index (χ2n) is 10.5. The van der Waals surface area contributed by atoms with Crippen molar-refractivity contribution in [2.75, 3.05) is 13.7 Å². The van der Waals surface area contributed by atoms with E-state index in [0.717, 1.165) is 64.4 Å². The maximum absolute atomic E-state index is 12.9. The maximum Gasteiger partial charge on any atom is 0.305 e. The van der Waals surface area contributed by atoms with Crippen molar-refractivity contribution in [3.8, 4) is 0 Å². The van der Waals surface area contributed by atoms with E-state index in [1.807, 2.05) is 6.08 Å². The number of fused-ring (bicyclic) bond motifs is 1. The number of unbranched alkanes of at least 4 members (excludes halogenated alkanes) is 1. The Morgan fingerprint density at radius 3 is 2.64 bits per heavy atom. The van der Waals surface area contributed by atoms with Gasteiger partial charge in [0.25, 0.3) is 0 Å². The zero-order chi connectivity index (χ0) is 23.0. The van der Waals surface area contributed by atoms with Gasteiger partial charge >= 0.3 is 5.97 Å². The molecule has 0 aromatic heterocycles. The van der Waals surface area contributed by atoms with Crippen molar-refractivity contribution >= 4 is 11.8 Å². The lowest BCUT2D eigenvalue weighted by atomic mass is 9.85. The number of esters is 1. The van der Waals surface area contributed by atoms with Crippen molar-refractivity contribution in [3.05, 3.63) is 23.8 Å². The van der Waals surface area contributed by atoms with E-state index in [-0.39, 0.29) is 30.2 Å². The topological polar surface area (TPSA) is 61.8 Å². The molecule has 0 aromatic carbocycles. The van der Waals surface area contributed by atoms with E-state index >= 15 is 0 Å². The number of ether oxygens (including phenoxy) is 3. The highest BCUT2D eigenvalue weighted by atomic mass is 16.7. The van der Waals surface area contributed by atoms with E-state index in [4.69, 9.17) is 14.2 Å². The van der Waals surface area contributed by atoms with Gasteiger partial charge in [0, 0.05) is 24.9 Å². The lowest BCUT2D eigenvalue weighted by molar-refractivity contribution is -0.193. The fourth-order valence-electron chi connectivity index (χ4n) is 6.46. The van der Waals surface area contributed by atoms with Crippen LogP contribution in [-0.4, -0.2) is 37.9 Å². The number of carbonyl (C=O) groups excluding carboxylic acids is 2. The molecule has 0 bridgehead atoms. The Bertz CT molecular complexity index is 714. The van der Waals surface area contributed by atoms with Crippen molar-refractivity contribution < 1.29 is 23.8 Å². The molecule has 1 aliphatic heterocycles. The summed E-state index contributed by atoms with van der Waals surface area (Å²) in [6, 6.07) is 0. The number of hydrogen-bond acceptors (Lipinski definition) is 5. The SMILES string of the molecule is COC(=O)CCCC=C1C[C@@H]2C[C@@H](OC3CCCCO3)[C@H](C=CC(=O)C3CCCCC3)[C@H]2C1. The first-order valence-corrected chi connectivity index (χ1v) is 13.4. The molecule has 1 unspecified atom stereocenters. The van der Waals surface area contributed by atoms with Crippen LogP contribution in [0.3, 0.4) is 0 Å². The molecule has 1 heterocycles. The van der Waals surface area contributed by atoms with Gasteiger partial charge in [0.15, 0.2) is 12.1 Å². The van der Waals surface area contributed by atoms with Crippen LogP contribution >= 0.6 is 0 Å². The Morgan fingerprint density at radius 1 is 1.06 bits per heavy atom. The molecule has 4 aliphatic rings. The molecule has 0 amide bonds. The Balaban J connectivity index is 1.38. The molecule has 4 rings (SSSR count). The largest absolute Gasteiger partial charge is 0.469 e. The lowest BCUT2D eigenvalue weighted by Crippen LogP contribution is -2.31. The second kappa shape index (κ2) is 12.3. The minimum absolute atomic E-state index is 0.0825. The third-order valence-corrected chi connectivity index (χ3v) is 8.29. The van der Waals surface area contributed by atoms with E-state index < -0.39 is 0 Å². The molecule has 0 radical (unpaired) electrons. The van der Waals surface area contributed by atoms with Gasteiger partial charge in [0.2, 0.25) is 0 Å². The highest BCUT2D eigenvalue weighted by molar-refractivity contribution is 5.91. The Kier molecular flexibility index (Phi) is 9.19. The van der Waals surface area contributed by atoms with Crippen LogP contribution < -0.4 is 0 Å². The third-order valence-electron chi connectivity index (χ3n) is 8.29. The Labute approximate surface area is 199 Å². The molecule has 184 valence electrons. The van der Waals surface area contributed by atoms with Gasteiger partial charge in [-0.15, -0.1) is 0 Å². The number of carbonyl (C=O) groups is 2. The molecule has 5 atom stereocenters. The Hall–Kier alpha value is -1.46. The van der Waals surface area contributed by atoms with Crippen molar-refractivity contribution in [2.45, 2.75) is 102 Å². The van der Waals surface area contributed by atoms with Gasteiger partial charge in [-0.1, -0.05) is 37.0 Å². The highest BCUT2D eigenvalue weighted by Crippen LogP contribution is 2.52. The van der Waals surface area contributed by atoms with Crippen LogP contribution in [0.4, 0.5) is 0 Å². The van der Waals surface area contributed by atoms with Crippen LogP contribution in [0, 0.1) is 23.7 Å². The van der Waals surface area contributed by atoms with E-state index in [0.29, 0.717) is 24.0 Å². The van der Waals surface area contributed by atoms with E-state index in [2.05, 4.69) is 12.2 Å². The fourth-order valence-corrected chi connectivity index (χ4v) is 6.46. The summed E-state index contributed by atoms with van der Waals surface area (Å²) in [6.07, 6.45) is 21.1. The number of methoxy groups -OCH3 is 1. The average molecular weight is 459 g/mol. The van der Waals surface area contributed by atoms with Crippen LogP contribution in [0.1, 0.15) is 89.9 Å². The molecule has 0 aromatic rings. The highest BCUT2D eigenvalue weighted by Gasteiger charge is 2.47. The van der Waals surface area contributed by atoms with E-state index in [9.17, 15) is 9.59 Å². The maximum atomic E-state index is 12.9. The predicted molar refractivity (Wildman–Crippen MR) is 127 cm³/mol. The van der Waals surface area contributed by atoms with Gasteiger partial charge in [-0.05, 0) is 82.1 Å². The van der Waals surface area contributed by atoms with Crippen LogP contribution in [0.25, 0.3) is 0 Å². The first-order chi connectivity index (χ1) is 16.1. The normalized spacial score (nSPS) is 34.1. The summed E-state index contributed by atoms with van der Waals surface area (Å²) in [5.41, 5.74) is 1.51. The van der Waals surface area contributed by atoms with Gasteiger partial charge < -0.3 is 14.2 Å². The fraction of sp³-hybridized carbons (Fsp3) is 0.786. The number of hydrogen-bond donors (Lipinski definition) is 0. The van der Waals surface area contributed by atoms with Gasteiger partial charge in [-0.2, -0.15) is 0 Å². The average Bonchev–Trinajstić information content (AvgIpc) is 3.38. The van der Waals surface area contributed by atoms with E-state index in [1.54, 1.807) is 0 Å². The number of allylic oxidation sites excluding steroid dienone is 3. The summed E-state index contributed by atoms with van der Waals surface area (Å²) in [7, 11) is 1.45. The quantitative estimate of drug-likeness (QED) is 0.186. The predicted octanol–water partition coefficient (Wildman–Crippen LogP) is 5.92. The summed E-state index contributed by atoms with van der Waals surface area (Å²) in [5.74, 6) is 1.86. The van der Waals surface area contributed by atoms with Crippen LogP contribution in [0.5, 0.6) is 0 Å². The monoisotopic (exact) mass is 458 g/mol. The first-order valence-electron chi connectivity index (χ1n) is 13.4. The van der Waals surface area contributed by atoms with Crippen LogP contribution in [0.2, 0.25) is 0 Å². The third kappa shape index (κ3) is 6.79. The summed E-state index contributed by atoms with van der Waals surface area (Å²) in [4.78, 5) is 24.2. The van der Waals surface area contributed by atoms with Gasteiger partial charge in [-0.25, -0.2) is 0 Å². The number of ketones is 1. The zero-order valence-electron chi connectivity index (χ0n) is 20.3. The van der Waals surface area contributed by atoms with Crippen molar-refractivity contribution in [3.63, 3.8) is 0 Å². The molecule has 0 spiro atoms. The molecule has 5 heteroatoms. The van der Waals surface area contributed by atoms with Crippen LogP contribution in [0.15, 0.2) is 23.8 Å². The van der Waals surface area contributed by atoms with Crippen LogP contribution in [-0.2, 0) is 23.8 Å². The number of rotatable bonds is 9. The zero-order valence-corrected chi connectivity index (χ0v) is 20.3. The molecule has 0 N–H and O–H groups in total. The first kappa shape index (κ1) is 24.7. The minimum Gasteiger partial charge on any atom is -0.469 e. The molecule has 33 heavy (non-hydrogen) atoms. The summed E-state index contributed by atoms with van der Waals surface area (Å²) in [5, 5.41) is 0. The van der Waals surface area contributed by atoms with Crippen molar-refractivity contribution in [1.29, 1.82) is 0 Å². The standard InChI is InChI=1S/C28H42O5/c1-31-27(30)12-6-5-9-20-17-22-19-26(33-28-13-7-8-16-32-28)23(24(22)18-20)14-15-25(29)21-10-3-2-4-11-21/h9,14-15,21-24,26,28H,2-8,10-13,16-19H2,1H3/t22-,23-,24+,26-,28?/m1/s1. The van der Waals surface area contributed by atoms with E-state index in [1.165, 1.54) is 38.4 Å². The lowest BCUT2D eigenvalue weighted by Gasteiger charge is -2.29. The molecule has 1 saturated heterocycles. The van der Waals surface area contributed by atoms with Gasteiger partial charge in [0.1, 0.15) is 0 Å². The molecular formula is C28H42O5. The minimum atomic E-state index is -0.130. The molecular weight excluding hydrogens is 416 g/mol.